The third kappa shape index (κ3) is 6.28. The molecular formula is C24H22ClFN2O6S. The van der Waals surface area contributed by atoms with Gasteiger partial charge in [0.2, 0.25) is 5.91 Å². The Bertz CT molecular complexity index is 1310. The molecule has 0 aromatic heterocycles. The van der Waals surface area contributed by atoms with Gasteiger partial charge in [-0.1, -0.05) is 11.6 Å². The van der Waals surface area contributed by atoms with Gasteiger partial charge in [-0.2, -0.15) is 0 Å². The van der Waals surface area contributed by atoms with Crippen molar-refractivity contribution in [1.82, 2.24) is 0 Å². The number of anilines is 2. The number of rotatable bonds is 9. The van der Waals surface area contributed by atoms with Crippen molar-refractivity contribution in [2.24, 2.45) is 0 Å². The molecule has 184 valence electrons. The highest BCUT2D eigenvalue weighted by molar-refractivity contribution is 7.92. The van der Waals surface area contributed by atoms with E-state index in [1.165, 1.54) is 61.7 Å². The van der Waals surface area contributed by atoms with Crippen molar-refractivity contribution in [3.63, 3.8) is 0 Å². The van der Waals surface area contributed by atoms with E-state index in [2.05, 4.69) is 5.32 Å². The number of carbonyl (C=O) groups is 2. The molecule has 8 nitrogen and oxygen atoms in total. The lowest BCUT2D eigenvalue weighted by Gasteiger charge is -2.24. The molecule has 0 aliphatic heterocycles. The van der Waals surface area contributed by atoms with E-state index in [0.717, 1.165) is 16.4 Å². The van der Waals surface area contributed by atoms with Crippen LogP contribution in [0.15, 0.2) is 71.6 Å². The number of hydrogen-bond donors (Lipinski definition) is 1. The van der Waals surface area contributed by atoms with Crippen molar-refractivity contribution in [2.45, 2.75) is 11.8 Å². The first-order valence-corrected chi connectivity index (χ1v) is 12.2. The van der Waals surface area contributed by atoms with Crippen molar-refractivity contribution < 1.29 is 31.9 Å². The lowest BCUT2D eigenvalue weighted by atomic mass is 10.2. The smallest absolute Gasteiger partial charge is 0.338 e. The van der Waals surface area contributed by atoms with Crippen LogP contribution in [0.3, 0.4) is 0 Å². The Morgan fingerprint density at radius 2 is 1.69 bits per heavy atom. The second kappa shape index (κ2) is 11.2. The molecule has 0 bridgehead atoms. The number of nitrogens with zero attached hydrogens (tertiary/aromatic N) is 1. The topological polar surface area (TPSA) is 102 Å². The van der Waals surface area contributed by atoms with E-state index in [1.807, 2.05) is 0 Å². The zero-order valence-corrected chi connectivity index (χ0v) is 20.4. The van der Waals surface area contributed by atoms with Crippen LogP contribution in [-0.2, 0) is 19.6 Å². The SMILES string of the molecule is CCOC(=O)c1ccc(NC(=O)CN(c2ccc(F)cc2)S(=O)(=O)c2ccc(OC)cc2)c(Cl)c1. The number of sulfonamides is 1. The molecule has 0 radical (unpaired) electrons. The summed E-state index contributed by atoms with van der Waals surface area (Å²) in [6, 6.07) is 14.5. The fraction of sp³-hybridized carbons (Fsp3) is 0.167. The Labute approximate surface area is 207 Å². The summed E-state index contributed by atoms with van der Waals surface area (Å²) >= 11 is 6.20. The molecule has 0 heterocycles. The molecule has 3 aromatic carbocycles. The zero-order chi connectivity index (χ0) is 25.6. The summed E-state index contributed by atoms with van der Waals surface area (Å²) in [6.07, 6.45) is 0. The number of ether oxygens (including phenoxy) is 2. The molecule has 0 saturated carbocycles. The predicted octanol–water partition coefficient (Wildman–Crippen LogP) is 4.50. The van der Waals surface area contributed by atoms with Crippen LogP contribution in [0.2, 0.25) is 5.02 Å². The van der Waals surface area contributed by atoms with Crippen molar-refractivity contribution >= 4 is 44.9 Å². The summed E-state index contributed by atoms with van der Waals surface area (Å²) in [4.78, 5) is 24.6. The number of esters is 1. The van der Waals surface area contributed by atoms with Crippen molar-refractivity contribution in [3.8, 4) is 5.75 Å². The number of halogens is 2. The minimum absolute atomic E-state index is 0.0650. The Morgan fingerprint density at radius 1 is 1.03 bits per heavy atom. The Morgan fingerprint density at radius 3 is 2.26 bits per heavy atom. The molecule has 3 aromatic rings. The van der Waals surface area contributed by atoms with E-state index >= 15 is 0 Å². The number of methoxy groups -OCH3 is 1. The maximum Gasteiger partial charge on any atom is 0.338 e. The standard InChI is InChI=1S/C24H22ClFN2O6S/c1-3-34-24(30)16-4-13-22(21(25)14-16)27-23(29)15-28(18-7-5-17(26)6-8-18)35(31,32)20-11-9-19(33-2)10-12-20/h4-14H,3,15H2,1-2H3,(H,27,29). The summed E-state index contributed by atoms with van der Waals surface area (Å²) in [5.74, 6) is -1.39. The minimum atomic E-state index is -4.21. The zero-order valence-electron chi connectivity index (χ0n) is 18.8. The second-order valence-electron chi connectivity index (χ2n) is 7.13. The third-order valence-electron chi connectivity index (χ3n) is 4.80. The summed E-state index contributed by atoms with van der Waals surface area (Å²) in [5, 5.41) is 2.60. The molecule has 0 aliphatic rings. The molecule has 0 saturated heterocycles. The number of carbonyl (C=O) groups excluding carboxylic acids is 2. The first-order chi connectivity index (χ1) is 16.6. The summed E-state index contributed by atoms with van der Waals surface area (Å²) in [6.45, 7) is 1.23. The van der Waals surface area contributed by atoms with Crippen LogP contribution < -0.4 is 14.4 Å². The molecule has 0 atom stereocenters. The first-order valence-electron chi connectivity index (χ1n) is 10.3. The van der Waals surface area contributed by atoms with Gasteiger partial charge < -0.3 is 14.8 Å². The van der Waals surface area contributed by atoms with Crippen molar-refractivity contribution in [2.75, 3.05) is 29.9 Å². The highest BCUT2D eigenvalue weighted by Crippen LogP contribution is 2.27. The van der Waals surface area contributed by atoms with E-state index in [-0.39, 0.29) is 33.5 Å². The van der Waals surface area contributed by atoms with E-state index in [4.69, 9.17) is 21.1 Å². The van der Waals surface area contributed by atoms with Crippen LogP contribution in [0.25, 0.3) is 0 Å². The molecular weight excluding hydrogens is 499 g/mol. The average molecular weight is 521 g/mol. The van der Waals surface area contributed by atoms with Crippen LogP contribution >= 0.6 is 11.6 Å². The maximum atomic E-state index is 13.5. The van der Waals surface area contributed by atoms with Gasteiger partial charge in [0.1, 0.15) is 18.1 Å². The average Bonchev–Trinajstić information content (AvgIpc) is 2.84. The molecule has 35 heavy (non-hydrogen) atoms. The van der Waals surface area contributed by atoms with Crippen LogP contribution in [-0.4, -0.2) is 40.6 Å². The number of hydrogen-bond acceptors (Lipinski definition) is 6. The molecule has 0 aliphatic carbocycles. The lowest BCUT2D eigenvalue weighted by Crippen LogP contribution is -2.38. The molecule has 11 heteroatoms. The lowest BCUT2D eigenvalue weighted by molar-refractivity contribution is -0.114. The number of nitrogens with one attached hydrogen (secondary N) is 1. The molecule has 1 N–H and O–H groups in total. The summed E-state index contributed by atoms with van der Waals surface area (Å²) < 4.78 is 51.1. The van der Waals surface area contributed by atoms with Crippen molar-refractivity contribution in [3.05, 3.63) is 83.1 Å². The number of amides is 1. The highest BCUT2D eigenvalue weighted by Gasteiger charge is 2.27. The third-order valence-corrected chi connectivity index (χ3v) is 6.90. The van der Waals surface area contributed by atoms with Crippen LogP contribution in [0.4, 0.5) is 15.8 Å². The van der Waals surface area contributed by atoms with E-state index in [9.17, 15) is 22.4 Å². The maximum absolute atomic E-state index is 13.5. The predicted molar refractivity (Wildman–Crippen MR) is 130 cm³/mol. The summed E-state index contributed by atoms with van der Waals surface area (Å²) in [5.41, 5.74) is 0.455. The molecule has 0 fully saturated rings. The second-order valence-corrected chi connectivity index (χ2v) is 9.40. The summed E-state index contributed by atoms with van der Waals surface area (Å²) in [7, 11) is -2.77. The van der Waals surface area contributed by atoms with Gasteiger partial charge in [-0.25, -0.2) is 17.6 Å². The quantitative estimate of drug-likeness (QED) is 0.417. The van der Waals surface area contributed by atoms with Crippen LogP contribution in [0, 0.1) is 5.82 Å². The van der Waals surface area contributed by atoms with Gasteiger partial charge in [0.15, 0.2) is 0 Å². The Balaban J connectivity index is 1.88. The molecule has 0 unspecified atom stereocenters. The molecule has 1 amide bonds. The van der Waals surface area contributed by atoms with Crippen molar-refractivity contribution in [1.29, 1.82) is 0 Å². The van der Waals surface area contributed by atoms with E-state index in [1.54, 1.807) is 6.92 Å². The van der Waals surface area contributed by atoms with Gasteiger partial charge in [0.25, 0.3) is 10.0 Å². The Kier molecular flexibility index (Phi) is 8.31. The molecule has 0 spiro atoms. The van der Waals surface area contributed by atoms with Gasteiger partial charge in [0.05, 0.1) is 40.6 Å². The largest absolute Gasteiger partial charge is 0.497 e. The normalized spacial score (nSPS) is 11.0. The van der Waals surface area contributed by atoms with Crippen LogP contribution in [0.1, 0.15) is 17.3 Å². The Hall–Kier alpha value is -3.63. The highest BCUT2D eigenvalue weighted by atomic mass is 35.5. The van der Waals surface area contributed by atoms with Gasteiger partial charge in [-0.15, -0.1) is 0 Å². The fourth-order valence-corrected chi connectivity index (χ4v) is 4.72. The number of benzene rings is 3. The van der Waals surface area contributed by atoms with E-state index in [0.29, 0.717) is 5.75 Å². The van der Waals surface area contributed by atoms with Crippen LogP contribution in [0.5, 0.6) is 5.75 Å². The van der Waals surface area contributed by atoms with Gasteiger partial charge in [0, 0.05) is 0 Å². The fourth-order valence-electron chi connectivity index (χ4n) is 3.08. The van der Waals surface area contributed by atoms with Gasteiger partial charge >= 0.3 is 5.97 Å². The van der Waals surface area contributed by atoms with E-state index < -0.39 is 34.3 Å². The van der Waals surface area contributed by atoms with Gasteiger partial charge in [-0.05, 0) is 73.7 Å². The molecule has 3 rings (SSSR count). The minimum Gasteiger partial charge on any atom is -0.497 e. The monoisotopic (exact) mass is 520 g/mol. The van der Waals surface area contributed by atoms with Gasteiger partial charge in [-0.3, -0.25) is 9.10 Å². The first kappa shape index (κ1) is 26.0.